The highest BCUT2D eigenvalue weighted by Crippen LogP contribution is 2.38. The number of rotatable bonds is 2. The first-order chi connectivity index (χ1) is 11.2. The van der Waals surface area contributed by atoms with E-state index in [0.717, 1.165) is 11.3 Å². The molecule has 2 aromatic carbocycles. The molecule has 2 heterocycles. The number of aromatic nitrogens is 2. The van der Waals surface area contributed by atoms with Gasteiger partial charge in [-0.05, 0) is 23.8 Å². The van der Waals surface area contributed by atoms with E-state index < -0.39 is 0 Å². The van der Waals surface area contributed by atoms with E-state index in [1.165, 1.54) is 6.07 Å². The van der Waals surface area contributed by atoms with Crippen molar-refractivity contribution in [3.63, 3.8) is 0 Å². The van der Waals surface area contributed by atoms with Crippen LogP contribution in [0.3, 0.4) is 0 Å². The maximum absolute atomic E-state index is 14.2. The smallest absolute Gasteiger partial charge is 0.226 e. The highest BCUT2D eigenvalue weighted by Gasteiger charge is 2.31. The summed E-state index contributed by atoms with van der Waals surface area (Å²) in [7, 11) is 0. The van der Waals surface area contributed by atoms with Gasteiger partial charge in [0.1, 0.15) is 11.6 Å². The molecule has 0 bridgehead atoms. The Hall–Kier alpha value is -2.95. The molecule has 4 nitrogen and oxygen atoms in total. The van der Waals surface area contributed by atoms with Crippen LogP contribution < -0.4 is 5.32 Å². The third-order valence-electron chi connectivity index (χ3n) is 4.10. The second-order valence-corrected chi connectivity index (χ2v) is 5.52. The van der Waals surface area contributed by atoms with Crippen LogP contribution in [0, 0.1) is 5.82 Å². The number of nitrogens with zero attached hydrogens (tertiary/aromatic N) is 2. The summed E-state index contributed by atoms with van der Waals surface area (Å²) in [5.74, 6) is -0.146. The number of para-hydroxylation sites is 1. The first kappa shape index (κ1) is 13.7. The van der Waals surface area contributed by atoms with Gasteiger partial charge in [0, 0.05) is 17.9 Å². The molecule has 1 aliphatic heterocycles. The van der Waals surface area contributed by atoms with Gasteiger partial charge in [-0.2, -0.15) is 5.10 Å². The lowest BCUT2D eigenvalue weighted by Gasteiger charge is -2.24. The van der Waals surface area contributed by atoms with Gasteiger partial charge >= 0.3 is 0 Å². The minimum absolute atomic E-state index is 0.136. The van der Waals surface area contributed by atoms with Gasteiger partial charge in [0.05, 0.1) is 11.9 Å². The zero-order valence-electron chi connectivity index (χ0n) is 12.2. The van der Waals surface area contributed by atoms with Crippen LogP contribution in [0.1, 0.15) is 23.5 Å². The lowest BCUT2D eigenvalue weighted by atomic mass is 9.87. The van der Waals surface area contributed by atoms with Gasteiger partial charge in [-0.3, -0.25) is 4.79 Å². The van der Waals surface area contributed by atoms with Gasteiger partial charge < -0.3 is 5.32 Å². The van der Waals surface area contributed by atoms with Gasteiger partial charge in [-0.25, -0.2) is 9.07 Å². The molecule has 23 heavy (non-hydrogen) atoms. The monoisotopic (exact) mass is 307 g/mol. The second kappa shape index (κ2) is 5.35. The van der Waals surface area contributed by atoms with Crippen molar-refractivity contribution in [1.82, 2.24) is 9.78 Å². The number of nitrogens with one attached hydrogen (secondary N) is 1. The largest absolute Gasteiger partial charge is 0.310 e. The Balaban J connectivity index is 1.85. The van der Waals surface area contributed by atoms with Gasteiger partial charge in [0.25, 0.3) is 0 Å². The Labute approximate surface area is 132 Å². The summed E-state index contributed by atoms with van der Waals surface area (Å²) in [6.07, 6.45) is 1.92. The van der Waals surface area contributed by atoms with Crippen molar-refractivity contribution in [1.29, 1.82) is 0 Å². The molecule has 3 aromatic rings. The fraction of sp³-hybridized carbons (Fsp3) is 0.111. The molecule has 4 rings (SSSR count). The average Bonchev–Trinajstić information content (AvgIpc) is 2.99. The molecule has 1 amide bonds. The topological polar surface area (TPSA) is 46.9 Å². The zero-order valence-corrected chi connectivity index (χ0v) is 12.2. The van der Waals surface area contributed by atoms with Crippen molar-refractivity contribution in [2.45, 2.75) is 12.3 Å². The lowest BCUT2D eigenvalue weighted by molar-refractivity contribution is -0.116. The molecular formula is C18H14FN3O. The van der Waals surface area contributed by atoms with Crippen LogP contribution >= 0.6 is 0 Å². The molecule has 5 heteroatoms. The van der Waals surface area contributed by atoms with Crippen LogP contribution in [0.15, 0.2) is 60.8 Å². The number of anilines is 1. The molecule has 0 aliphatic carbocycles. The van der Waals surface area contributed by atoms with Crippen molar-refractivity contribution >= 4 is 11.7 Å². The van der Waals surface area contributed by atoms with Gasteiger partial charge in [0.2, 0.25) is 5.91 Å². The fourth-order valence-electron chi connectivity index (χ4n) is 3.02. The number of hydrogen-bond acceptors (Lipinski definition) is 2. The predicted octanol–water partition coefficient (Wildman–Crippen LogP) is 3.49. The van der Waals surface area contributed by atoms with E-state index in [1.54, 1.807) is 29.1 Å². The van der Waals surface area contributed by atoms with Crippen LogP contribution in [-0.4, -0.2) is 15.7 Å². The number of fused-ring (bicyclic) bond motifs is 1. The number of amides is 1. The van der Waals surface area contributed by atoms with E-state index in [-0.39, 0.29) is 24.1 Å². The molecule has 0 radical (unpaired) electrons. The minimum Gasteiger partial charge on any atom is -0.310 e. The maximum atomic E-state index is 14.2. The van der Waals surface area contributed by atoms with Gasteiger partial charge in [-0.15, -0.1) is 0 Å². The van der Waals surface area contributed by atoms with Crippen LogP contribution in [0.2, 0.25) is 0 Å². The second-order valence-electron chi connectivity index (χ2n) is 5.52. The summed E-state index contributed by atoms with van der Waals surface area (Å²) in [5.41, 5.74) is 2.21. The van der Waals surface area contributed by atoms with Crippen LogP contribution in [0.5, 0.6) is 0 Å². The van der Waals surface area contributed by atoms with Crippen LogP contribution in [-0.2, 0) is 4.79 Å². The van der Waals surface area contributed by atoms with Crippen molar-refractivity contribution in [2.75, 3.05) is 5.32 Å². The Morgan fingerprint density at radius 3 is 2.57 bits per heavy atom. The number of halogens is 1. The first-order valence-corrected chi connectivity index (χ1v) is 7.41. The average molecular weight is 307 g/mol. The summed E-state index contributed by atoms with van der Waals surface area (Å²) >= 11 is 0. The summed E-state index contributed by atoms with van der Waals surface area (Å²) in [6.45, 7) is 0. The zero-order chi connectivity index (χ0) is 15.8. The molecule has 0 spiro atoms. The van der Waals surface area contributed by atoms with Gasteiger partial charge in [-0.1, -0.05) is 36.4 Å². The fourth-order valence-corrected chi connectivity index (χ4v) is 3.02. The highest BCUT2D eigenvalue weighted by atomic mass is 19.1. The number of carbonyl (C=O) groups is 1. The minimum atomic E-state index is -0.322. The summed E-state index contributed by atoms with van der Waals surface area (Å²) in [6, 6.07) is 16.1. The van der Waals surface area contributed by atoms with Crippen LogP contribution in [0.4, 0.5) is 10.2 Å². The van der Waals surface area contributed by atoms with Crippen molar-refractivity contribution in [3.8, 4) is 5.69 Å². The lowest BCUT2D eigenvalue weighted by Crippen LogP contribution is -2.25. The Morgan fingerprint density at radius 2 is 1.78 bits per heavy atom. The van der Waals surface area contributed by atoms with Crippen molar-refractivity contribution in [2.24, 2.45) is 0 Å². The third kappa shape index (κ3) is 2.30. The standard InChI is InChI=1S/C18H14FN3O/c19-16-9-5-4-8-13(16)14-10-17(23)21-18-15(14)11-20-22(18)12-6-2-1-3-7-12/h1-9,11,14H,10H2,(H,21,23)/t14-/m0/s1. The Bertz CT molecular complexity index is 873. The summed E-state index contributed by atoms with van der Waals surface area (Å²) in [4.78, 5) is 12.1. The van der Waals surface area contributed by atoms with E-state index in [4.69, 9.17) is 0 Å². The van der Waals surface area contributed by atoms with E-state index in [9.17, 15) is 9.18 Å². The van der Waals surface area contributed by atoms with Crippen molar-refractivity contribution in [3.05, 3.63) is 77.7 Å². The molecular weight excluding hydrogens is 293 g/mol. The molecule has 1 aromatic heterocycles. The molecule has 0 saturated heterocycles. The van der Waals surface area contributed by atoms with E-state index in [0.29, 0.717) is 11.4 Å². The molecule has 1 atom stereocenters. The van der Waals surface area contributed by atoms with Crippen molar-refractivity contribution < 1.29 is 9.18 Å². The molecule has 0 unspecified atom stereocenters. The molecule has 0 saturated carbocycles. The first-order valence-electron chi connectivity index (χ1n) is 7.41. The Morgan fingerprint density at radius 1 is 1.04 bits per heavy atom. The third-order valence-corrected chi connectivity index (χ3v) is 4.10. The normalized spacial score (nSPS) is 16.7. The SMILES string of the molecule is O=C1C[C@@H](c2ccccc2F)c2cnn(-c3ccccc3)c2N1. The molecule has 114 valence electrons. The van der Waals surface area contributed by atoms with Crippen LogP contribution in [0.25, 0.3) is 5.69 Å². The summed E-state index contributed by atoms with van der Waals surface area (Å²) in [5, 5.41) is 7.25. The Kier molecular flexibility index (Phi) is 3.19. The number of benzene rings is 2. The summed E-state index contributed by atoms with van der Waals surface area (Å²) < 4.78 is 15.8. The predicted molar refractivity (Wildman–Crippen MR) is 85.1 cm³/mol. The van der Waals surface area contributed by atoms with E-state index in [2.05, 4.69) is 10.4 Å². The highest BCUT2D eigenvalue weighted by molar-refractivity contribution is 5.94. The van der Waals surface area contributed by atoms with E-state index >= 15 is 0 Å². The molecule has 1 aliphatic rings. The quantitative estimate of drug-likeness (QED) is 0.788. The molecule has 0 fully saturated rings. The van der Waals surface area contributed by atoms with Gasteiger partial charge in [0.15, 0.2) is 0 Å². The number of carbonyl (C=O) groups excluding carboxylic acids is 1. The maximum Gasteiger partial charge on any atom is 0.226 e. The number of hydrogen-bond donors (Lipinski definition) is 1. The van der Waals surface area contributed by atoms with E-state index in [1.807, 2.05) is 30.3 Å². The molecule has 1 N–H and O–H groups in total.